The summed E-state index contributed by atoms with van der Waals surface area (Å²) in [7, 11) is 1.32. The van der Waals surface area contributed by atoms with Gasteiger partial charge in [0.05, 0.1) is 17.6 Å². The molecule has 1 fully saturated rings. The normalized spacial score (nSPS) is 16.9. The number of thioether (sulfide) groups is 1. The van der Waals surface area contributed by atoms with Gasteiger partial charge in [0.2, 0.25) is 0 Å². The van der Waals surface area contributed by atoms with Gasteiger partial charge in [0.1, 0.15) is 11.4 Å². The molecule has 0 aliphatic carbocycles. The highest BCUT2D eigenvalue weighted by molar-refractivity contribution is 8.18. The number of phenolic OH excluding ortho intramolecular Hbond substituents is 1. The Kier molecular flexibility index (Phi) is 4.85. The number of para-hydroxylation sites is 2. The Hall–Kier alpha value is -3.06. The van der Waals surface area contributed by atoms with Crippen molar-refractivity contribution in [1.82, 2.24) is 5.32 Å². The molecule has 1 aliphatic heterocycles. The molecule has 126 valence electrons. The van der Waals surface area contributed by atoms with Crippen molar-refractivity contribution in [2.45, 2.75) is 0 Å². The maximum Gasteiger partial charge on any atom is 0.337 e. The highest BCUT2D eigenvalue weighted by Crippen LogP contribution is 2.31. The lowest BCUT2D eigenvalue weighted by atomic mass is 10.1. The first-order valence-electron chi connectivity index (χ1n) is 7.33. The van der Waals surface area contributed by atoms with Gasteiger partial charge in [0.15, 0.2) is 5.17 Å². The Balaban J connectivity index is 1.80. The zero-order chi connectivity index (χ0) is 17.8. The number of amides is 1. The first-order valence-corrected chi connectivity index (χ1v) is 8.14. The largest absolute Gasteiger partial charge is 0.506 e. The van der Waals surface area contributed by atoms with Crippen LogP contribution in [-0.2, 0) is 9.53 Å². The van der Waals surface area contributed by atoms with E-state index in [-0.39, 0.29) is 11.7 Å². The van der Waals surface area contributed by atoms with Crippen LogP contribution in [0.3, 0.4) is 0 Å². The van der Waals surface area contributed by atoms with E-state index in [0.29, 0.717) is 21.3 Å². The van der Waals surface area contributed by atoms with E-state index in [4.69, 9.17) is 0 Å². The van der Waals surface area contributed by atoms with Gasteiger partial charge in [0.25, 0.3) is 5.91 Å². The monoisotopic (exact) mass is 354 g/mol. The molecule has 0 radical (unpaired) electrons. The second-order valence-electron chi connectivity index (χ2n) is 5.08. The number of hydrogen-bond acceptors (Lipinski definition) is 6. The van der Waals surface area contributed by atoms with E-state index in [1.54, 1.807) is 48.5 Å². The quantitative estimate of drug-likeness (QED) is 0.653. The first-order chi connectivity index (χ1) is 12.1. The van der Waals surface area contributed by atoms with E-state index in [1.165, 1.54) is 24.9 Å². The lowest BCUT2D eigenvalue weighted by Gasteiger charge is -2.00. The number of rotatable bonds is 3. The SMILES string of the molecule is COC(=O)c1ccc(/C=C2/SC(=Nc3ccccc3O)NC2=O)cc1. The zero-order valence-corrected chi connectivity index (χ0v) is 14.0. The lowest BCUT2D eigenvalue weighted by molar-refractivity contribution is -0.115. The molecule has 0 unspecified atom stereocenters. The fourth-order valence-electron chi connectivity index (χ4n) is 2.13. The molecule has 2 N–H and O–H groups in total. The summed E-state index contributed by atoms with van der Waals surface area (Å²) in [5.74, 6) is -0.638. The Morgan fingerprint density at radius 3 is 2.60 bits per heavy atom. The van der Waals surface area contributed by atoms with Crippen LogP contribution in [0.15, 0.2) is 58.4 Å². The van der Waals surface area contributed by atoms with Crippen molar-refractivity contribution in [2.24, 2.45) is 4.99 Å². The highest BCUT2D eigenvalue weighted by Gasteiger charge is 2.24. The molecule has 25 heavy (non-hydrogen) atoms. The van der Waals surface area contributed by atoms with Crippen molar-refractivity contribution in [1.29, 1.82) is 0 Å². The summed E-state index contributed by atoms with van der Waals surface area (Å²) in [5, 5.41) is 12.8. The van der Waals surface area contributed by atoms with Crippen LogP contribution >= 0.6 is 11.8 Å². The van der Waals surface area contributed by atoms with Crippen molar-refractivity contribution >= 4 is 40.6 Å². The van der Waals surface area contributed by atoms with Gasteiger partial charge in [-0.25, -0.2) is 9.79 Å². The van der Waals surface area contributed by atoms with E-state index in [0.717, 1.165) is 5.56 Å². The van der Waals surface area contributed by atoms with Crippen molar-refractivity contribution < 1.29 is 19.4 Å². The van der Waals surface area contributed by atoms with Gasteiger partial charge in [0, 0.05) is 0 Å². The summed E-state index contributed by atoms with van der Waals surface area (Å²) >= 11 is 1.18. The molecule has 7 heteroatoms. The molecule has 1 saturated heterocycles. The summed E-state index contributed by atoms with van der Waals surface area (Å²) in [5.41, 5.74) is 1.60. The maximum atomic E-state index is 12.1. The van der Waals surface area contributed by atoms with Crippen LogP contribution in [0, 0.1) is 0 Å². The number of aromatic hydroxyl groups is 1. The van der Waals surface area contributed by atoms with Crippen LogP contribution in [0.5, 0.6) is 5.75 Å². The summed E-state index contributed by atoms with van der Waals surface area (Å²) < 4.78 is 4.65. The lowest BCUT2D eigenvalue weighted by Crippen LogP contribution is -2.19. The highest BCUT2D eigenvalue weighted by atomic mass is 32.2. The molecule has 6 nitrogen and oxygen atoms in total. The molecule has 0 aromatic heterocycles. The predicted octanol–water partition coefficient (Wildman–Crippen LogP) is 3.07. The van der Waals surface area contributed by atoms with Gasteiger partial charge in [-0.2, -0.15) is 0 Å². The number of carbonyl (C=O) groups excluding carboxylic acids is 2. The molecule has 2 aromatic carbocycles. The molecule has 1 aliphatic rings. The van der Waals surface area contributed by atoms with E-state index < -0.39 is 5.97 Å². The van der Waals surface area contributed by atoms with E-state index in [1.807, 2.05) is 0 Å². The number of amidine groups is 1. The van der Waals surface area contributed by atoms with Crippen LogP contribution in [0.1, 0.15) is 15.9 Å². The van der Waals surface area contributed by atoms with Crippen LogP contribution in [-0.4, -0.2) is 29.3 Å². The van der Waals surface area contributed by atoms with E-state index in [9.17, 15) is 14.7 Å². The van der Waals surface area contributed by atoms with Gasteiger partial charge in [-0.1, -0.05) is 24.3 Å². The minimum atomic E-state index is -0.413. The molecule has 0 atom stereocenters. The van der Waals surface area contributed by atoms with Gasteiger partial charge in [-0.05, 0) is 47.7 Å². The van der Waals surface area contributed by atoms with Crippen LogP contribution in [0.2, 0.25) is 0 Å². The summed E-state index contributed by atoms with van der Waals surface area (Å²) in [4.78, 5) is 28.2. The molecular weight excluding hydrogens is 340 g/mol. The molecule has 0 saturated carbocycles. The van der Waals surface area contributed by atoms with Crippen molar-refractivity contribution in [3.63, 3.8) is 0 Å². The van der Waals surface area contributed by atoms with Crippen molar-refractivity contribution in [3.05, 3.63) is 64.6 Å². The summed E-state index contributed by atoms with van der Waals surface area (Å²) in [6.45, 7) is 0. The molecule has 2 aromatic rings. The third-order valence-corrected chi connectivity index (χ3v) is 4.29. The number of ether oxygens (including phenoxy) is 1. The average Bonchev–Trinajstić information content (AvgIpc) is 2.96. The fourth-order valence-corrected chi connectivity index (χ4v) is 2.97. The third kappa shape index (κ3) is 3.89. The number of carbonyl (C=O) groups is 2. The van der Waals surface area contributed by atoms with Crippen molar-refractivity contribution in [2.75, 3.05) is 7.11 Å². The van der Waals surface area contributed by atoms with Crippen LogP contribution < -0.4 is 5.32 Å². The minimum Gasteiger partial charge on any atom is -0.506 e. The number of nitrogens with one attached hydrogen (secondary N) is 1. The van der Waals surface area contributed by atoms with Crippen LogP contribution in [0.25, 0.3) is 6.08 Å². The number of hydrogen-bond donors (Lipinski definition) is 2. The van der Waals surface area contributed by atoms with Gasteiger partial charge >= 0.3 is 5.97 Å². The number of esters is 1. The molecule has 0 spiro atoms. The summed E-state index contributed by atoms with van der Waals surface area (Å²) in [6.07, 6.45) is 1.70. The van der Waals surface area contributed by atoms with Gasteiger partial charge < -0.3 is 15.2 Å². The Morgan fingerprint density at radius 1 is 1.20 bits per heavy atom. The second kappa shape index (κ2) is 7.23. The Labute approximate surface area is 148 Å². The van der Waals surface area contributed by atoms with Crippen LogP contribution in [0.4, 0.5) is 5.69 Å². The predicted molar refractivity (Wildman–Crippen MR) is 96.7 cm³/mol. The van der Waals surface area contributed by atoms with Crippen molar-refractivity contribution in [3.8, 4) is 5.75 Å². The molecule has 0 bridgehead atoms. The number of phenols is 1. The molecule has 1 amide bonds. The minimum absolute atomic E-state index is 0.0423. The third-order valence-electron chi connectivity index (χ3n) is 3.38. The van der Waals surface area contributed by atoms with E-state index in [2.05, 4.69) is 15.0 Å². The number of benzene rings is 2. The Bertz CT molecular complexity index is 888. The first kappa shape index (κ1) is 16.8. The Morgan fingerprint density at radius 2 is 1.92 bits per heavy atom. The maximum absolute atomic E-state index is 12.1. The molecular formula is C18H14N2O4S. The van der Waals surface area contributed by atoms with Gasteiger partial charge in [-0.3, -0.25) is 4.79 Å². The second-order valence-corrected chi connectivity index (χ2v) is 6.11. The topological polar surface area (TPSA) is 88.0 Å². The average molecular weight is 354 g/mol. The molecule has 3 rings (SSSR count). The zero-order valence-electron chi connectivity index (χ0n) is 13.2. The summed E-state index contributed by atoms with van der Waals surface area (Å²) in [6, 6.07) is 13.3. The van der Waals surface area contributed by atoms with E-state index >= 15 is 0 Å². The van der Waals surface area contributed by atoms with Gasteiger partial charge in [-0.15, -0.1) is 0 Å². The number of nitrogens with zero attached hydrogens (tertiary/aromatic N) is 1. The number of methoxy groups -OCH3 is 1. The smallest absolute Gasteiger partial charge is 0.337 e. The molecule has 1 heterocycles. The number of aliphatic imine (C=N–C) groups is 1. The standard InChI is InChI=1S/C18H14N2O4S/c1-24-17(23)12-8-6-11(7-9-12)10-15-16(22)20-18(25-15)19-13-4-2-3-5-14(13)21/h2-10,21H,1H3,(H,19,20,22)/b15-10+. The fraction of sp³-hybridized carbons (Fsp3) is 0.0556.